The predicted molar refractivity (Wildman–Crippen MR) is 91.2 cm³/mol. The molecule has 0 bridgehead atoms. The van der Waals surface area contributed by atoms with Crippen LogP contribution in [0, 0.1) is 0 Å². The maximum atomic E-state index is 12.3. The van der Waals surface area contributed by atoms with Crippen LogP contribution >= 0.6 is 0 Å². The fourth-order valence-corrected chi connectivity index (χ4v) is 2.17. The first-order chi connectivity index (χ1) is 11.1. The number of hydrogen-bond donors (Lipinski definition) is 1. The van der Waals surface area contributed by atoms with Gasteiger partial charge in [-0.3, -0.25) is 9.59 Å². The number of anilines is 1. The van der Waals surface area contributed by atoms with Crippen molar-refractivity contribution in [2.45, 2.75) is 33.2 Å². The number of amides is 1. The molecule has 0 radical (unpaired) electrons. The Bertz CT molecular complexity index is 722. The van der Waals surface area contributed by atoms with Crippen LogP contribution < -0.4 is 15.6 Å². The summed E-state index contributed by atoms with van der Waals surface area (Å²) >= 11 is 0. The molecular formula is C18H22N2O3. The van der Waals surface area contributed by atoms with Crippen molar-refractivity contribution in [1.82, 2.24) is 4.57 Å². The van der Waals surface area contributed by atoms with Gasteiger partial charge in [0.25, 0.3) is 11.5 Å². The topological polar surface area (TPSA) is 60.3 Å². The maximum absolute atomic E-state index is 12.3. The third kappa shape index (κ3) is 4.71. The van der Waals surface area contributed by atoms with E-state index in [9.17, 15) is 9.59 Å². The van der Waals surface area contributed by atoms with Crippen molar-refractivity contribution in [3.05, 3.63) is 58.5 Å². The molecule has 0 aliphatic carbocycles. The lowest BCUT2D eigenvalue weighted by Gasteiger charge is -2.10. The molecule has 5 heteroatoms. The Morgan fingerprint density at radius 1 is 1.17 bits per heavy atom. The van der Waals surface area contributed by atoms with Gasteiger partial charge in [-0.2, -0.15) is 0 Å². The molecule has 0 fully saturated rings. The first-order valence-corrected chi connectivity index (χ1v) is 7.88. The maximum Gasteiger partial charge on any atom is 0.255 e. The highest BCUT2D eigenvalue weighted by molar-refractivity contribution is 6.04. The number of nitrogens with zero attached hydrogens (tertiary/aromatic N) is 1. The van der Waals surface area contributed by atoms with Gasteiger partial charge in [0.2, 0.25) is 0 Å². The van der Waals surface area contributed by atoms with Gasteiger partial charge in [0.1, 0.15) is 5.75 Å². The van der Waals surface area contributed by atoms with Crippen molar-refractivity contribution in [2.75, 3.05) is 11.9 Å². The van der Waals surface area contributed by atoms with Crippen molar-refractivity contribution in [2.24, 2.45) is 0 Å². The van der Waals surface area contributed by atoms with Crippen LogP contribution in [0.25, 0.3) is 0 Å². The molecule has 5 nitrogen and oxygen atoms in total. The Labute approximate surface area is 135 Å². The predicted octanol–water partition coefficient (Wildman–Crippen LogP) is 3.30. The number of carbonyl (C=O) groups is 1. The molecule has 0 spiro atoms. The zero-order chi connectivity index (χ0) is 16.7. The van der Waals surface area contributed by atoms with Gasteiger partial charge in [0.05, 0.1) is 12.3 Å². The van der Waals surface area contributed by atoms with Crippen molar-refractivity contribution in [3.8, 4) is 5.75 Å². The Kier molecular flexibility index (Phi) is 5.97. The molecular weight excluding hydrogens is 292 g/mol. The average molecular weight is 314 g/mol. The normalized spacial score (nSPS) is 10.3. The third-order valence-corrected chi connectivity index (χ3v) is 3.27. The van der Waals surface area contributed by atoms with E-state index in [-0.39, 0.29) is 11.5 Å². The zero-order valence-corrected chi connectivity index (χ0v) is 13.5. The summed E-state index contributed by atoms with van der Waals surface area (Å²) < 4.78 is 7.13. The number of aryl methyl sites for hydroxylation is 1. The lowest BCUT2D eigenvalue weighted by Crippen LogP contribution is -2.20. The van der Waals surface area contributed by atoms with Gasteiger partial charge in [0.15, 0.2) is 0 Å². The summed E-state index contributed by atoms with van der Waals surface area (Å²) in [5.41, 5.74) is 1.05. The highest BCUT2D eigenvalue weighted by Gasteiger charge is 2.08. The molecule has 0 unspecified atom stereocenters. The first kappa shape index (κ1) is 16.8. The van der Waals surface area contributed by atoms with Crippen molar-refractivity contribution >= 4 is 11.6 Å². The van der Waals surface area contributed by atoms with Crippen LogP contribution in [0.1, 0.15) is 37.0 Å². The molecule has 0 saturated heterocycles. The second-order valence-electron chi connectivity index (χ2n) is 5.28. The van der Waals surface area contributed by atoms with Gasteiger partial charge >= 0.3 is 0 Å². The largest absolute Gasteiger partial charge is 0.494 e. The number of nitrogens with one attached hydrogen (secondary N) is 1. The molecule has 23 heavy (non-hydrogen) atoms. The van der Waals surface area contributed by atoms with Crippen LogP contribution in [0.15, 0.2) is 47.4 Å². The second-order valence-corrected chi connectivity index (χ2v) is 5.28. The number of ether oxygens (including phenoxy) is 1. The van der Waals surface area contributed by atoms with E-state index in [0.29, 0.717) is 30.2 Å². The lowest BCUT2D eigenvalue weighted by molar-refractivity contribution is 0.102. The second kappa shape index (κ2) is 8.17. The van der Waals surface area contributed by atoms with Crippen LogP contribution in [0.3, 0.4) is 0 Å². The van der Waals surface area contributed by atoms with Crippen LogP contribution in [-0.4, -0.2) is 17.1 Å². The molecule has 2 rings (SSSR count). The van der Waals surface area contributed by atoms with Crippen LogP contribution in [0.5, 0.6) is 5.75 Å². The number of aromatic nitrogens is 1. The molecule has 122 valence electrons. The first-order valence-electron chi connectivity index (χ1n) is 7.88. The van der Waals surface area contributed by atoms with E-state index in [4.69, 9.17) is 4.74 Å². The monoisotopic (exact) mass is 314 g/mol. The number of carbonyl (C=O) groups excluding carboxylic acids is 1. The SMILES string of the molecule is CCCOc1cccc(C(=O)Nc2ccc(=O)n(CCC)c2)c1. The summed E-state index contributed by atoms with van der Waals surface area (Å²) in [5, 5.41) is 2.81. The van der Waals surface area contributed by atoms with E-state index < -0.39 is 0 Å². The van der Waals surface area contributed by atoms with Crippen LogP contribution in [0.4, 0.5) is 5.69 Å². The molecule has 1 aromatic heterocycles. The number of pyridine rings is 1. The summed E-state index contributed by atoms with van der Waals surface area (Å²) in [6, 6.07) is 10.1. The molecule has 0 saturated carbocycles. The minimum atomic E-state index is -0.228. The summed E-state index contributed by atoms with van der Waals surface area (Å²) in [4.78, 5) is 24.0. The van der Waals surface area contributed by atoms with E-state index in [0.717, 1.165) is 12.8 Å². The zero-order valence-electron chi connectivity index (χ0n) is 13.5. The van der Waals surface area contributed by atoms with Crippen molar-refractivity contribution in [1.29, 1.82) is 0 Å². The van der Waals surface area contributed by atoms with Crippen LogP contribution in [-0.2, 0) is 6.54 Å². The quantitative estimate of drug-likeness (QED) is 0.853. The molecule has 2 aromatic rings. The molecule has 1 amide bonds. The Morgan fingerprint density at radius 3 is 2.74 bits per heavy atom. The summed E-state index contributed by atoms with van der Waals surface area (Å²) in [6.45, 7) is 5.28. The molecule has 0 aliphatic heterocycles. The Hall–Kier alpha value is -2.56. The fourth-order valence-electron chi connectivity index (χ4n) is 2.17. The minimum absolute atomic E-state index is 0.0696. The molecule has 0 atom stereocenters. The smallest absolute Gasteiger partial charge is 0.255 e. The summed E-state index contributed by atoms with van der Waals surface area (Å²) in [6.07, 6.45) is 3.44. The minimum Gasteiger partial charge on any atom is -0.494 e. The van der Waals surface area contributed by atoms with Crippen molar-refractivity contribution < 1.29 is 9.53 Å². The van der Waals surface area contributed by atoms with E-state index in [1.165, 1.54) is 6.07 Å². The molecule has 0 aliphatic rings. The fraction of sp³-hybridized carbons (Fsp3) is 0.333. The van der Waals surface area contributed by atoms with E-state index >= 15 is 0 Å². The number of rotatable bonds is 7. The van der Waals surface area contributed by atoms with Gasteiger partial charge < -0.3 is 14.6 Å². The van der Waals surface area contributed by atoms with E-state index in [2.05, 4.69) is 5.32 Å². The third-order valence-electron chi connectivity index (χ3n) is 3.27. The highest BCUT2D eigenvalue weighted by Crippen LogP contribution is 2.15. The van der Waals surface area contributed by atoms with Gasteiger partial charge in [-0.15, -0.1) is 0 Å². The Morgan fingerprint density at radius 2 is 2.00 bits per heavy atom. The standard InChI is InChI=1S/C18H22N2O3/c1-3-10-20-13-15(8-9-17(20)21)19-18(22)14-6-5-7-16(12-14)23-11-4-2/h5-9,12-13H,3-4,10-11H2,1-2H3,(H,19,22). The molecule has 1 heterocycles. The molecule has 1 N–H and O–H groups in total. The van der Waals surface area contributed by atoms with Crippen molar-refractivity contribution in [3.63, 3.8) is 0 Å². The number of hydrogen-bond acceptors (Lipinski definition) is 3. The van der Waals surface area contributed by atoms with Gasteiger partial charge in [0, 0.05) is 24.4 Å². The Balaban J connectivity index is 2.12. The van der Waals surface area contributed by atoms with Gasteiger partial charge in [-0.1, -0.05) is 19.9 Å². The van der Waals surface area contributed by atoms with Crippen LogP contribution in [0.2, 0.25) is 0 Å². The van der Waals surface area contributed by atoms with Gasteiger partial charge in [-0.05, 0) is 37.1 Å². The summed E-state index contributed by atoms with van der Waals surface area (Å²) in [5.74, 6) is 0.448. The van der Waals surface area contributed by atoms with E-state index in [1.54, 1.807) is 35.0 Å². The highest BCUT2D eigenvalue weighted by atomic mass is 16.5. The van der Waals surface area contributed by atoms with E-state index in [1.807, 2.05) is 19.9 Å². The number of benzene rings is 1. The average Bonchev–Trinajstić information content (AvgIpc) is 2.56. The van der Waals surface area contributed by atoms with Gasteiger partial charge in [-0.25, -0.2) is 0 Å². The lowest BCUT2D eigenvalue weighted by atomic mass is 10.2. The molecule has 1 aromatic carbocycles. The summed E-state index contributed by atoms with van der Waals surface area (Å²) in [7, 11) is 0.